The highest BCUT2D eigenvalue weighted by atomic mass is 16.6. The molecule has 0 unspecified atom stereocenters. The summed E-state index contributed by atoms with van der Waals surface area (Å²) in [5, 5.41) is 4.07. The fraction of sp³-hybridized carbons (Fsp3) is 0.308. The first-order valence-electron chi connectivity index (χ1n) is 6.18. The van der Waals surface area contributed by atoms with Gasteiger partial charge >= 0.3 is 6.09 Å². The number of hydrogen-bond donors (Lipinski definition) is 2. The summed E-state index contributed by atoms with van der Waals surface area (Å²) in [5.41, 5.74) is 6.80. The van der Waals surface area contributed by atoms with Gasteiger partial charge in [0.1, 0.15) is 11.8 Å². The molecule has 6 heteroatoms. The maximum absolute atomic E-state index is 10.8. The lowest BCUT2D eigenvalue weighted by molar-refractivity contribution is 0.211. The number of carbonyl (C=O) groups is 1. The molecule has 0 radical (unpaired) electrons. The Hall–Kier alpha value is -2.21. The lowest BCUT2D eigenvalue weighted by Gasteiger charge is -2.29. The van der Waals surface area contributed by atoms with Gasteiger partial charge in [0.15, 0.2) is 5.75 Å². The van der Waals surface area contributed by atoms with E-state index in [1.165, 1.54) is 6.26 Å². The maximum Gasteiger partial charge on any atom is 0.410 e. The summed E-state index contributed by atoms with van der Waals surface area (Å²) in [6.07, 6.45) is 0.562. The van der Waals surface area contributed by atoms with E-state index in [9.17, 15) is 4.79 Å². The van der Waals surface area contributed by atoms with Crippen molar-refractivity contribution in [2.45, 2.75) is 0 Å². The standard InChI is InChI=1S/C13H15N3O3/c14-13(17)19-12-8-18-11-2-1-9(7-10(11)12)16-5-3-15-4-6-16/h1-2,7-8,15H,3-6H2,(H2,14,17). The van der Waals surface area contributed by atoms with E-state index < -0.39 is 6.09 Å². The van der Waals surface area contributed by atoms with Gasteiger partial charge in [0.25, 0.3) is 0 Å². The van der Waals surface area contributed by atoms with Crippen LogP contribution in [0, 0.1) is 0 Å². The van der Waals surface area contributed by atoms with Crippen LogP contribution in [0.3, 0.4) is 0 Å². The van der Waals surface area contributed by atoms with Gasteiger partial charge in [0.2, 0.25) is 0 Å². The van der Waals surface area contributed by atoms with Gasteiger partial charge < -0.3 is 25.1 Å². The van der Waals surface area contributed by atoms with Gasteiger partial charge in [-0.15, -0.1) is 0 Å². The molecule has 1 amide bonds. The van der Waals surface area contributed by atoms with Crippen LogP contribution in [-0.2, 0) is 0 Å². The third kappa shape index (κ3) is 2.34. The number of amides is 1. The van der Waals surface area contributed by atoms with Crippen molar-refractivity contribution in [2.24, 2.45) is 5.73 Å². The third-order valence-corrected chi connectivity index (χ3v) is 3.21. The molecule has 1 aromatic heterocycles. The molecule has 100 valence electrons. The van der Waals surface area contributed by atoms with Crippen LogP contribution in [0.2, 0.25) is 0 Å². The van der Waals surface area contributed by atoms with Crippen LogP contribution >= 0.6 is 0 Å². The first kappa shape index (κ1) is 11.9. The van der Waals surface area contributed by atoms with E-state index in [2.05, 4.69) is 10.2 Å². The molecule has 1 aliphatic rings. The highest BCUT2D eigenvalue weighted by Crippen LogP contribution is 2.31. The largest absolute Gasteiger partial charge is 0.460 e. The summed E-state index contributed by atoms with van der Waals surface area (Å²) < 4.78 is 10.3. The Bertz CT molecular complexity index is 602. The number of hydrogen-bond acceptors (Lipinski definition) is 5. The van der Waals surface area contributed by atoms with Gasteiger partial charge in [0, 0.05) is 31.9 Å². The first-order valence-corrected chi connectivity index (χ1v) is 6.18. The highest BCUT2D eigenvalue weighted by Gasteiger charge is 2.14. The van der Waals surface area contributed by atoms with Gasteiger partial charge in [-0.1, -0.05) is 0 Å². The van der Waals surface area contributed by atoms with E-state index in [4.69, 9.17) is 14.9 Å². The molecular formula is C13H15N3O3. The molecule has 2 aromatic rings. The minimum Gasteiger partial charge on any atom is -0.460 e. The van der Waals surface area contributed by atoms with Crippen molar-refractivity contribution in [1.82, 2.24) is 5.32 Å². The van der Waals surface area contributed by atoms with Crippen LogP contribution in [0.5, 0.6) is 5.75 Å². The van der Waals surface area contributed by atoms with Crippen LogP contribution in [0.1, 0.15) is 0 Å². The number of benzene rings is 1. The zero-order valence-corrected chi connectivity index (χ0v) is 10.4. The molecule has 0 atom stereocenters. The van der Waals surface area contributed by atoms with Gasteiger partial charge in [0.05, 0.1) is 5.39 Å². The number of anilines is 1. The normalized spacial score (nSPS) is 15.7. The number of piperazine rings is 1. The first-order chi connectivity index (χ1) is 9.24. The topological polar surface area (TPSA) is 80.7 Å². The quantitative estimate of drug-likeness (QED) is 0.851. The Labute approximate surface area is 110 Å². The van der Waals surface area contributed by atoms with E-state index in [0.29, 0.717) is 11.3 Å². The van der Waals surface area contributed by atoms with Crippen molar-refractivity contribution in [3.8, 4) is 5.75 Å². The molecule has 1 aromatic carbocycles. The molecule has 1 fully saturated rings. The molecular weight excluding hydrogens is 246 g/mol. The number of nitrogens with two attached hydrogens (primary N) is 1. The second-order valence-corrected chi connectivity index (χ2v) is 4.44. The predicted octanol–water partition coefficient (Wildman–Crippen LogP) is 1.30. The molecule has 1 saturated heterocycles. The summed E-state index contributed by atoms with van der Waals surface area (Å²) in [7, 11) is 0. The molecule has 3 N–H and O–H groups in total. The lowest BCUT2D eigenvalue weighted by atomic mass is 10.2. The van der Waals surface area contributed by atoms with Crippen molar-refractivity contribution in [3.05, 3.63) is 24.5 Å². The second kappa shape index (κ2) is 4.81. The average molecular weight is 261 g/mol. The van der Waals surface area contributed by atoms with E-state index in [-0.39, 0.29) is 0 Å². The number of ether oxygens (including phenoxy) is 1. The van der Waals surface area contributed by atoms with Gasteiger partial charge in [-0.3, -0.25) is 0 Å². The molecule has 0 bridgehead atoms. The number of fused-ring (bicyclic) bond motifs is 1. The second-order valence-electron chi connectivity index (χ2n) is 4.44. The number of nitrogens with one attached hydrogen (secondary N) is 1. The Morgan fingerprint density at radius 1 is 1.37 bits per heavy atom. The Morgan fingerprint density at radius 3 is 2.89 bits per heavy atom. The molecule has 2 heterocycles. The third-order valence-electron chi connectivity index (χ3n) is 3.21. The summed E-state index contributed by atoms with van der Waals surface area (Å²) in [6.45, 7) is 3.84. The number of furan rings is 1. The molecule has 3 rings (SSSR count). The Morgan fingerprint density at radius 2 is 2.16 bits per heavy atom. The summed E-state index contributed by atoms with van der Waals surface area (Å²) in [4.78, 5) is 13.1. The smallest absolute Gasteiger partial charge is 0.410 e. The summed E-state index contributed by atoms with van der Waals surface area (Å²) in [5.74, 6) is 0.361. The SMILES string of the molecule is NC(=O)Oc1coc2ccc(N3CCNCC3)cc12. The molecule has 6 nitrogen and oxygen atoms in total. The van der Waals surface area contributed by atoms with Crippen molar-refractivity contribution in [3.63, 3.8) is 0 Å². The molecule has 0 aliphatic carbocycles. The van der Waals surface area contributed by atoms with Crippen molar-refractivity contribution in [2.75, 3.05) is 31.1 Å². The van der Waals surface area contributed by atoms with Crippen molar-refractivity contribution < 1.29 is 13.9 Å². The van der Waals surface area contributed by atoms with Crippen molar-refractivity contribution >= 4 is 22.7 Å². The fourth-order valence-electron chi connectivity index (χ4n) is 2.30. The molecule has 19 heavy (non-hydrogen) atoms. The van der Waals surface area contributed by atoms with Gasteiger partial charge in [-0.05, 0) is 18.2 Å². The number of primary amides is 1. The molecule has 0 spiro atoms. The Kier molecular flexibility index (Phi) is 3.00. The minimum absolute atomic E-state index is 0.361. The van der Waals surface area contributed by atoms with Crippen molar-refractivity contribution in [1.29, 1.82) is 0 Å². The predicted molar refractivity (Wildman–Crippen MR) is 71.5 cm³/mol. The van der Waals surface area contributed by atoms with E-state index >= 15 is 0 Å². The zero-order chi connectivity index (χ0) is 13.2. The molecule has 0 saturated carbocycles. The number of nitrogens with zero attached hydrogens (tertiary/aromatic N) is 1. The number of carbonyl (C=O) groups excluding carboxylic acids is 1. The average Bonchev–Trinajstić information content (AvgIpc) is 2.82. The van der Waals surface area contributed by atoms with Crippen LogP contribution in [0.4, 0.5) is 10.5 Å². The van der Waals surface area contributed by atoms with Crippen LogP contribution in [0.15, 0.2) is 28.9 Å². The summed E-state index contributed by atoms with van der Waals surface area (Å²) in [6, 6.07) is 5.84. The highest BCUT2D eigenvalue weighted by molar-refractivity contribution is 5.89. The monoisotopic (exact) mass is 261 g/mol. The van der Waals surface area contributed by atoms with Crippen LogP contribution in [0.25, 0.3) is 11.0 Å². The van der Waals surface area contributed by atoms with Crippen LogP contribution in [-0.4, -0.2) is 32.3 Å². The fourth-order valence-corrected chi connectivity index (χ4v) is 2.30. The lowest BCUT2D eigenvalue weighted by Crippen LogP contribution is -2.43. The van der Waals surface area contributed by atoms with E-state index in [1.807, 2.05) is 18.2 Å². The zero-order valence-electron chi connectivity index (χ0n) is 10.4. The van der Waals surface area contributed by atoms with E-state index in [0.717, 1.165) is 37.3 Å². The minimum atomic E-state index is -0.838. The van der Waals surface area contributed by atoms with E-state index in [1.54, 1.807) is 0 Å². The van der Waals surface area contributed by atoms with Gasteiger partial charge in [-0.25, -0.2) is 4.79 Å². The molecule has 1 aliphatic heterocycles. The van der Waals surface area contributed by atoms with Gasteiger partial charge in [-0.2, -0.15) is 0 Å². The number of rotatable bonds is 2. The van der Waals surface area contributed by atoms with Crippen LogP contribution < -0.4 is 20.7 Å². The summed E-state index contributed by atoms with van der Waals surface area (Å²) >= 11 is 0. The maximum atomic E-state index is 10.8. The Balaban J connectivity index is 1.95.